The van der Waals surface area contributed by atoms with Crippen molar-refractivity contribution < 1.29 is 17.9 Å². The fourth-order valence-electron chi connectivity index (χ4n) is 7.39. The van der Waals surface area contributed by atoms with E-state index in [9.17, 15) is 13.2 Å². The van der Waals surface area contributed by atoms with Gasteiger partial charge in [0.1, 0.15) is 6.61 Å². The SMILES string of the molecule is CC(=O)OC/C=C(\C)CC(/C=C(/C)CC/C=C(\C)CC/C=C(\C)CC/C=C(\C)CC/C=C(\C)CC/C=C(\C)CC/C=C(\C)CC/C=C(\C)CCC=C(C)C)S(=O)(=O)c1ccc(C)cc1. The predicted octanol–water partition coefficient (Wildman–Crippen LogP) is 17.8. The minimum Gasteiger partial charge on any atom is -0.462 e. The van der Waals surface area contributed by atoms with E-state index in [2.05, 4.69) is 111 Å². The largest absolute Gasteiger partial charge is 0.462 e. The van der Waals surface area contributed by atoms with Crippen LogP contribution < -0.4 is 0 Å². The zero-order chi connectivity index (χ0) is 47.9. The van der Waals surface area contributed by atoms with E-state index in [1.807, 2.05) is 39.0 Å². The maximum atomic E-state index is 13.8. The molecule has 64 heavy (non-hydrogen) atoms. The molecule has 1 atom stereocenters. The van der Waals surface area contributed by atoms with Gasteiger partial charge in [0.25, 0.3) is 0 Å². The van der Waals surface area contributed by atoms with Crippen molar-refractivity contribution >= 4 is 15.8 Å². The van der Waals surface area contributed by atoms with E-state index in [1.165, 1.54) is 64.4 Å². The Morgan fingerprint density at radius 1 is 0.453 bits per heavy atom. The number of hydrogen-bond acceptors (Lipinski definition) is 4. The summed E-state index contributed by atoms with van der Waals surface area (Å²) in [5, 5.41) is -0.697. The fourth-order valence-corrected chi connectivity index (χ4v) is 9.15. The second kappa shape index (κ2) is 33.5. The highest BCUT2D eigenvalue weighted by Gasteiger charge is 2.26. The van der Waals surface area contributed by atoms with Gasteiger partial charge in [-0.1, -0.05) is 128 Å². The summed E-state index contributed by atoms with van der Waals surface area (Å²) in [6, 6.07) is 7.06. The summed E-state index contributed by atoms with van der Waals surface area (Å²) in [7, 11) is -3.60. The lowest BCUT2D eigenvalue weighted by Crippen LogP contribution is -2.20. The Hall–Kier alpha value is -3.96. The monoisotopic (exact) mass is 895 g/mol. The Morgan fingerprint density at radius 2 is 0.766 bits per heavy atom. The summed E-state index contributed by atoms with van der Waals surface area (Å²) in [6.07, 6.45) is 40.6. The molecule has 0 heterocycles. The molecule has 1 rings (SSSR count). The number of benzene rings is 1. The van der Waals surface area contributed by atoms with Crippen molar-refractivity contribution in [1.29, 1.82) is 0 Å². The first-order chi connectivity index (χ1) is 30.3. The lowest BCUT2D eigenvalue weighted by atomic mass is 10.0. The molecule has 0 aliphatic carbocycles. The van der Waals surface area contributed by atoms with E-state index in [-0.39, 0.29) is 12.6 Å². The van der Waals surface area contributed by atoms with Crippen LogP contribution in [0.25, 0.3) is 0 Å². The number of aryl methyl sites for hydroxylation is 1. The number of ether oxygens (including phenoxy) is 1. The van der Waals surface area contributed by atoms with Crippen LogP contribution in [0.3, 0.4) is 0 Å². The number of carbonyl (C=O) groups is 1. The smallest absolute Gasteiger partial charge is 0.302 e. The molecule has 356 valence electrons. The van der Waals surface area contributed by atoms with Gasteiger partial charge < -0.3 is 4.74 Å². The van der Waals surface area contributed by atoms with Gasteiger partial charge in [-0.3, -0.25) is 4.79 Å². The second-order valence-electron chi connectivity index (χ2n) is 18.9. The molecule has 4 nitrogen and oxygen atoms in total. The van der Waals surface area contributed by atoms with Crippen LogP contribution in [0.15, 0.2) is 146 Å². The van der Waals surface area contributed by atoms with Gasteiger partial charge in [-0.2, -0.15) is 0 Å². The van der Waals surface area contributed by atoms with Crippen molar-refractivity contribution in [1.82, 2.24) is 0 Å². The van der Waals surface area contributed by atoms with E-state index in [0.717, 1.165) is 107 Å². The summed E-state index contributed by atoms with van der Waals surface area (Å²) in [5.41, 5.74) is 14.7. The van der Waals surface area contributed by atoms with Crippen LogP contribution in [-0.2, 0) is 19.4 Å². The minimum atomic E-state index is -3.60. The molecule has 0 saturated heterocycles. The predicted molar refractivity (Wildman–Crippen MR) is 281 cm³/mol. The lowest BCUT2D eigenvalue weighted by Gasteiger charge is -2.17. The number of hydrogen-bond donors (Lipinski definition) is 0. The third kappa shape index (κ3) is 29.5. The normalized spacial score (nSPS) is 14.9. The van der Waals surface area contributed by atoms with Gasteiger partial charge in [0, 0.05) is 6.92 Å². The van der Waals surface area contributed by atoms with Crippen molar-refractivity contribution in [3.05, 3.63) is 146 Å². The third-order valence-electron chi connectivity index (χ3n) is 11.8. The molecule has 0 radical (unpaired) electrons. The lowest BCUT2D eigenvalue weighted by molar-refractivity contribution is -0.139. The number of sulfone groups is 1. The average molecular weight is 895 g/mol. The number of allylic oxidation sites excluding steroid dienone is 18. The maximum Gasteiger partial charge on any atom is 0.302 e. The minimum absolute atomic E-state index is 0.142. The zero-order valence-electron chi connectivity index (χ0n) is 42.9. The highest BCUT2D eigenvalue weighted by atomic mass is 32.2. The summed E-state index contributed by atoms with van der Waals surface area (Å²) in [5.74, 6) is -0.355. The molecule has 1 unspecified atom stereocenters. The van der Waals surface area contributed by atoms with Crippen LogP contribution in [0.1, 0.15) is 198 Å². The third-order valence-corrected chi connectivity index (χ3v) is 13.8. The van der Waals surface area contributed by atoms with Crippen molar-refractivity contribution in [2.24, 2.45) is 0 Å². The second-order valence-corrected chi connectivity index (χ2v) is 21.1. The molecule has 0 aliphatic rings. The Labute approximate surface area is 394 Å². The van der Waals surface area contributed by atoms with Gasteiger partial charge in [0.2, 0.25) is 0 Å². The molecule has 0 amide bonds. The number of esters is 1. The molecule has 0 aromatic heterocycles. The number of carbonyl (C=O) groups excluding carboxylic acids is 1. The Kier molecular flexibility index (Phi) is 30.4. The van der Waals surface area contributed by atoms with Crippen molar-refractivity contribution in [2.45, 2.75) is 209 Å². The Morgan fingerprint density at radius 3 is 1.08 bits per heavy atom. The standard InChI is InChI=1S/C59H90O4S/c1-46(2)22-14-23-47(3)24-15-25-48(4)26-16-27-49(5)28-17-29-50(6)30-18-31-51(7)32-19-33-52(8)34-20-35-53(9)36-21-37-55(11)44-59(45-56(12)42-43-63-57(13)60)64(61,62)58-40-38-54(10)39-41-58/h22,24,26,28,30,32,34,36,38-42,44,59H,14-21,23,25,27,29,31,33,35,37,43,45H2,1-13H3/b47-24+,48-26+,49-28+,50-30+,51-32+,52-34+,53-36+,55-44-,56-42+. The molecule has 0 aliphatic heterocycles. The topological polar surface area (TPSA) is 60.4 Å². The maximum absolute atomic E-state index is 13.8. The summed E-state index contributed by atoms with van der Waals surface area (Å²) < 4.78 is 32.6. The van der Waals surface area contributed by atoms with Gasteiger partial charge in [-0.25, -0.2) is 8.42 Å². The van der Waals surface area contributed by atoms with Crippen molar-refractivity contribution in [3.63, 3.8) is 0 Å². The van der Waals surface area contributed by atoms with Crippen LogP contribution in [0.5, 0.6) is 0 Å². The van der Waals surface area contributed by atoms with Gasteiger partial charge in [0.05, 0.1) is 10.1 Å². The van der Waals surface area contributed by atoms with Gasteiger partial charge in [0.15, 0.2) is 9.84 Å². The average Bonchev–Trinajstić information content (AvgIpc) is 3.20. The van der Waals surface area contributed by atoms with Crippen LogP contribution in [-0.4, -0.2) is 26.2 Å². The summed E-state index contributed by atoms with van der Waals surface area (Å²) in [4.78, 5) is 11.5. The highest BCUT2D eigenvalue weighted by molar-refractivity contribution is 7.92. The molecule has 0 bridgehead atoms. The van der Waals surface area contributed by atoms with E-state index < -0.39 is 15.1 Å². The Bertz CT molecular complexity index is 1980. The van der Waals surface area contributed by atoms with Gasteiger partial charge >= 0.3 is 5.97 Å². The quantitative estimate of drug-likeness (QED) is 0.0550. The highest BCUT2D eigenvalue weighted by Crippen LogP contribution is 2.25. The van der Waals surface area contributed by atoms with Crippen LogP contribution in [0.2, 0.25) is 0 Å². The molecule has 0 spiro atoms. The first-order valence-electron chi connectivity index (χ1n) is 24.3. The van der Waals surface area contributed by atoms with Gasteiger partial charge in [-0.05, 0) is 210 Å². The van der Waals surface area contributed by atoms with E-state index in [1.54, 1.807) is 18.2 Å². The van der Waals surface area contributed by atoms with Crippen LogP contribution in [0, 0.1) is 6.92 Å². The van der Waals surface area contributed by atoms with E-state index >= 15 is 0 Å². The zero-order valence-corrected chi connectivity index (χ0v) is 43.7. The van der Waals surface area contributed by atoms with E-state index in [4.69, 9.17) is 4.74 Å². The molecule has 1 aromatic rings. The van der Waals surface area contributed by atoms with Crippen LogP contribution >= 0.6 is 0 Å². The van der Waals surface area contributed by atoms with Crippen molar-refractivity contribution in [3.8, 4) is 0 Å². The summed E-state index contributed by atoms with van der Waals surface area (Å²) in [6.45, 7) is 27.6. The fraction of sp³-hybridized carbons (Fsp3) is 0.542. The number of rotatable bonds is 31. The first-order valence-corrected chi connectivity index (χ1v) is 25.8. The molecule has 1 aromatic carbocycles. The van der Waals surface area contributed by atoms with Crippen molar-refractivity contribution in [2.75, 3.05) is 6.61 Å². The molecular weight excluding hydrogens is 805 g/mol. The van der Waals surface area contributed by atoms with Gasteiger partial charge in [-0.15, -0.1) is 0 Å². The van der Waals surface area contributed by atoms with E-state index in [0.29, 0.717) is 11.3 Å². The summed E-state index contributed by atoms with van der Waals surface area (Å²) >= 11 is 0. The molecule has 0 N–H and O–H groups in total. The Balaban J connectivity index is 2.48. The first kappa shape index (κ1) is 58.1. The molecular formula is C59H90O4S. The molecule has 0 saturated carbocycles. The van der Waals surface area contributed by atoms with Crippen LogP contribution in [0.4, 0.5) is 0 Å². The molecule has 0 fully saturated rings. The molecule has 5 heteroatoms.